The number of ether oxygens (including phenoxy) is 1. The molecular formula is C27H33N7O3. The van der Waals surface area contributed by atoms with E-state index < -0.39 is 10.8 Å². The minimum Gasteiger partial charge on any atom is -0.466 e. The fourth-order valence-electron chi connectivity index (χ4n) is 4.12. The summed E-state index contributed by atoms with van der Waals surface area (Å²) < 4.78 is 12.5. The lowest BCUT2D eigenvalue weighted by Gasteiger charge is -2.31. The highest BCUT2D eigenvalue weighted by Crippen LogP contribution is 2.39. The van der Waals surface area contributed by atoms with Gasteiger partial charge in [-0.1, -0.05) is 43.3 Å². The molecule has 10 nitrogen and oxygen atoms in total. The third-order valence-corrected chi connectivity index (χ3v) is 6.80. The maximum absolute atomic E-state index is 12.3. The van der Waals surface area contributed by atoms with Gasteiger partial charge in [-0.3, -0.25) is 9.48 Å². The second-order valence-electron chi connectivity index (χ2n) is 10.2. The first-order valence-electron chi connectivity index (χ1n) is 12.3. The van der Waals surface area contributed by atoms with Crippen LogP contribution in [0.1, 0.15) is 52.9 Å². The highest BCUT2D eigenvalue weighted by Gasteiger charge is 2.38. The molecule has 0 aliphatic rings. The molecule has 3 aromatic heterocycles. The molecule has 0 aliphatic carbocycles. The van der Waals surface area contributed by atoms with E-state index >= 15 is 0 Å². The molecule has 194 valence electrons. The van der Waals surface area contributed by atoms with Gasteiger partial charge in [0.05, 0.1) is 35.7 Å². The van der Waals surface area contributed by atoms with E-state index in [2.05, 4.69) is 53.1 Å². The predicted molar refractivity (Wildman–Crippen MR) is 139 cm³/mol. The van der Waals surface area contributed by atoms with Crippen LogP contribution in [0, 0.1) is 11.3 Å². The molecule has 4 rings (SSSR count). The molecule has 1 atom stereocenters. The van der Waals surface area contributed by atoms with Crippen LogP contribution in [0.25, 0.3) is 22.6 Å². The Balaban J connectivity index is 1.58. The van der Waals surface area contributed by atoms with Gasteiger partial charge in [0.1, 0.15) is 0 Å². The minimum absolute atomic E-state index is 0.178. The number of hydrogen-bond donors (Lipinski definition) is 1. The molecule has 0 saturated heterocycles. The third kappa shape index (κ3) is 5.23. The Morgan fingerprint density at radius 3 is 2.35 bits per heavy atom. The average Bonchev–Trinajstić information content (AvgIpc) is 3.54. The molecule has 3 heterocycles. The van der Waals surface area contributed by atoms with Crippen molar-refractivity contribution in [2.75, 3.05) is 12.3 Å². The van der Waals surface area contributed by atoms with Gasteiger partial charge < -0.3 is 15.0 Å². The molecule has 0 fully saturated rings. The van der Waals surface area contributed by atoms with Crippen LogP contribution in [-0.2, 0) is 21.5 Å². The summed E-state index contributed by atoms with van der Waals surface area (Å²) in [5.41, 5.74) is 8.00. The van der Waals surface area contributed by atoms with Crippen molar-refractivity contribution in [2.24, 2.45) is 11.3 Å². The molecule has 0 bridgehead atoms. The Morgan fingerprint density at radius 2 is 1.73 bits per heavy atom. The standard InChI is InChI=1S/C27H33N7O3/c1-7-36-24(35)26(4,5)16-34-15-20(14-31-34)22-32-23(33-37-22)27(6,17(2)3)21-10-8-18(9-11-21)19-12-29-25(28)30-13-19/h8-15,17H,7,16H2,1-6H3,(H2,28,29,30). The second kappa shape index (κ2) is 10.1. The highest BCUT2D eigenvalue weighted by atomic mass is 16.5. The lowest BCUT2D eigenvalue weighted by molar-refractivity contribution is -0.154. The number of esters is 1. The number of hydrogen-bond acceptors (Lipinski definition) is 9. The van der Waals surface area contributed by atoms with Crippen LogP contribution in [0.5, 0.6) is 0 Å². The Hall–Kier alpha value is -4.08. The van der Waals surface area contributed by atoms with Crippen molar-refractivity contribution in [1.82, 2.24) is 29.9 Å². The molecule has 0 aliphatic heterocycles. The van der Waals surface area contributed by atoms with Crippen molar-refractivity contribution in [1.29, 1.82) is 0 Å². The number of aromatic nitrogens is 6. The topological polar surface area (TPSA) is 135 Å². The quantitative estimate of drug-likeness (QED) is 0.327. The highest BCUT2D eigenvalue weighted by molar-refractivity contribution is 5.75. The number of nitrogens with zero attached hydrogens (tertiary/aromatic N) is 6. The summed E-state index contributed by atoms with van der Waals surface area (Å²) in [6.45, 7) is 12.5. The second-order valence-corrected chi connectivity index (χ2v) is 10.2. The normalized spacial score (nSPS) is 13.5. The van der Waals surface area contributed by atoms with Crippen LogP contribution in [0.15, 0.2) is 53.6 Å². The van der Waals surface area contributed by atoms with Crippen molar-refractivity contribution < 1.29 is 14.1 Å². The number of benzene rings is 1. The minimum atomic E-state index is -0.722. The van der Waals surface area contributed by atoms with Crippen molar-refractivity contribution >= 4 is 11.9 Å². The maximum atomic E-state index is 12.3. The Labute approximate surface area is 216 Å². The largest absolute Gasteiger partial charge is 0.466 e. The number of nitrogens with two attached hydrogens (primary N) is 1. The van der Waals surface area contributed by atoms with Gasteiger partial charge in [0.25, 0.3) is 5.89 Å². The molecule has 10 heteroatoms. The van der Waals surface area contributed by atoms with Crippen LogP contribution in [0.4, 0.5) is 5.95 Å². The number of nitrogen functional groups attached to an aromatic ring is 1. The summed E-state index contributed by atoms with van der Waals surface area (Å²) in [5, 5.41) is 8.75. The summed E-state index contributed by atoms with van der Waals surface area (Å²) in [6, 6.07) is 8.19. The molecule has 1 unspecified atom stereocenters. The van der Waals surface area contributed by atoms with E-state index in [4.69, 9.17) is 20.0 Å². The van der Waals surface area contributed by atoms with Crippen molar-refractivity contribution in [3.63, 3.8) is 0 Å². The Morgan fingerprint density at radius 1 is 1.05 bits per heavy atom. The van der Waals surface area contributed by atoms with E-state index in [1.54, 1.807) is 36.4 Å². The van der Waals surface area contributed by atoms with Gasteiger partial charge in [0.15, 0.2) is 5.82 Å². The predicted octanol–water partition coefficient (Wildman–Crippen LogP) is 4.52. The van der Waals surface area contributed by atoms with Crippen molar-refractivity contribution in [3.8, 4) is 22.6 Å². The zero-order valence-electron chi connectivity index (χ0n) is 22.1. The SMILES string of the molecule is CCOC(=O)C(C)(C)Cn1cc(-c2nc(C(C)(c3ccc(-c4cnc(N)nc4)cc3)C(C)C)no2)cn1. The lowest BCUT2D eigenvalue weighted by atomic mass is 9.72. The molecule has 0 amide bonds. The van der Waals surface area contributed by atoms with Gasteiger partial charge in [-0.15, -0.1) is 0 Å². The van der Waals surface area contributed by atoms with E-state index in [9.17, 15) is 4.79 Å². The van der Waals surface area contributed by atoms with Gasteiger partial charge in [-0.25, -0.2) is 9.97 Å². The van der Waals surface area contributed by atoms with Gasteiger partial charge in [0, 0.05) is 24.2 Å². The van der Waals surface area contributed by atoms with E-state index in [1.165, 1.54) is 0 Å². The van der Waals surface area contributed by atoms with Crippen molar-refractivity contribution in [2.45, 2.75) is 53.5 Å². The third-order valence-electron chi connectivity index (χ3n) is 6.80. The zero-order chi connectivity index (χ0) is 26.8. The Bertz CT molecular complexity index is 1360. The smallest absolute Gasteiger partial charge is 0.313 e. The van der Waals surface area contributed by atoms with Gasteiger partial charge in [-0.05, 0) is 44.7 Å². The van der Waals surface area contributed by atoms with E-state index in [-0.39, 0.29) is 17.8 Å². The summed E-state index contributed by atoms with van der Waals surface area (Å²) in [6.07, 6.45) is 6.88. The first-order valence-corrected chi connectivity index (χ1v) is 12.3. The first kappa shape index (κ1) is 26.0. The zero-order valence-corrected chi connectivity index (χ0v) is 22.1. The molecule has 0 radical (unpaired) electrons. The van der Waals surface area contributed by atoms with E-state index in [1.807, 2.05) is 26.0 Å². The molecule has 0 spiro atoms. The van der Waals surface area contributed by atoms with E-state index in [0.717, 1.165) is 16.7 Å². The van der Waals surface area contributed by atoms with Crippen LogP contribution in [0.3, 0.4) is 0 Å². The van der Waals surface area contributed by atoms with Gasteiger partial charge in [-0.2, -0.15) is 10.1 Å². The maximum Gasteiger partial charge on any atom is 0.313 e. The van der Waals surface area contributed by atoms with Crippen LogP contribution >= 0.6 is 0 Å². The number of carbonyl (C=O) groups excluding carboxylic acids is 1. The van der Waals surface area contributed by atoms with Gasteiger partial charge in [0.2, 0.25) is 5.95 Å². The van der Waals surface area contributed by atoms with E-state index in [0.29, 0.717) is 30.4 Å². The average molecular weight is 504 g/mol. The summed E-state index contributed by atoms with van der Waals surface area (Å²) in [7, 11) is 0. The van der Waals surface area contributed by atoms with Crippen molar-refractivity contribution in [3.05, 3.63) is 60.4 Å². The first-order chi connectivity index (χ1) is 17.5. The lowest BCUT2D eigenvalue weighted by Crippen LogP contribution is -2.31. The van der Waals surface area contributed by atoms with Crippen LogP contribution in [-0.4, -0.2) is 42.5 Å². The molecule has 1 aromatic carbocycles. The molecule has 2 N–H and O–H groups in total. The van der Waals surface area contributed by atoms with Gasteiger partial charge >= 0.3 is 5.97 Å². The fourth-order valence-corrected chi connectivity index (χ4v) is 4.12. The van der Waals surface area contributed by atoms with Crippen LogP contribution in [0.2, 0.25) is 0 Å². The summed E-state index contributed by atoms with van der Waals surface area (Å²) in [5.74, 6) is 1.11. The fraction of sp³-hybridized carbons (Fsp3) is 0.407. The summed E-state index contributed by atoms with van der Waals surface area (Å²) >= 11 is 0. The number of carbonyl (C=O) groups is 1. The number of anilines is 1. The molecule has 4 aromatic rings. The molecule has 37 heavy (non-hydrogen) atoms. The van der Waals surface area contributed by atoms with Crippen LogP contribution < -0.4 is 5.73 Å². The Kier molecular flexibility index (Phi) is 7.11. The monoisotopic (exact) mass is 503 g/mol. The number of rotatable bonds is 9. The summed E-state index contributed by atoms with van der Waals surface area (Å²) in [4.78, 5) is 25.2. The molecule has 0 saturated carbocycles. The molecular weight excluding hydrogens is 470 g/mol.